The Morgan fingerprint density at radius 1 is 1.28 bits per heavy atom. The molecule has 2 N–H and O–H groups in total. The van der Waals surface area contributed by atoms with Crippen molar-refractivity contribution < 1.29 is 9.47 Å². The van der Waals surface area contributed by atoms with Crippen molar-refractivity contribution in [3.05, 3.63) is 0 Å². The molecule has 6 nitrogen and oxygen atoms in total. The lowest BCUT2D eigenvalue weighted by Gasteiger charge is -2.54. The summed E-state index contributed by atoms with van der Waals surface area (Å²) in [5.74, 6) is 0.927. The predicted molar refractivity (Wildman–Crippen MR) is 103 cm³/mol. The molecule has 0 aromatic carbocycles. The first-order valence-corrected chi connectivity index (χ1v) is 9.92. The van der Waals surface area contributed by atoms with Crippen LogP contribution >= 0.6 is 0 Å². The molecule has 2 aliphatic carbocycles. The average molecular weight is 355 g/mol. The predicted octanol–water partition coefficient (Wildman–Crippen LogP) is 1.86. The molecule has 1 spiro atoms. The topological polar surface area (TPSA) is 58.1 Å². The Hall–Kier alpha value is -0.850. The van der Waals surface area contributed by atoms with E-state index < -0.39 is 0 Å². The lowest BCUT2D eigenvalue weighted by atomic mass is 9.60. The van der Waals surface area contributed by atoms with Gasteiger partial charge in [0, 0.05) is 58.5 Å². The van der Waals surface area contributed by atoms with Crippen molar-refractivity contribution in [2.75, 3.05) is 54.1 Å². The monoisotopic (exact) mass is 354 g/mol. The van der Waals surface area contributed by atoms with Crippen molar-refractivity contribution >= 4 is 5.96 Å². The maximum absolute atomic E-state index is 6.00. The van der Waals surface area contributed by atoms with Gasteiger partial charge in [0.05, 0.1) is 6.10 Å². The van der Waals surface area contributed by atoms with E-state index in [1.807, 2.05) is 7.05 Å². The van der Waals surface area contributed by atoms with Crippen molar-refractivity contribution in [1.29, 1.82) is 0 Å². The minimum Gasteiger partial charge on any atom is -0.385 e. The van der Waals surface area contributed by atoms with E-state index in [1.165, 1.54) is 25.7 Å². The number of likely N-dealkylation sites (N-methyl/N-ethyl adjacent to an activating group) is 1. The molecule has 0 heterocycles. The molecule has 2 rings (SSSR count). The molecular formula is C19H38N4O2. The molecule has 146 valence electrons. The van der Waals surface area contributed by atoms with Gasteiger partial charge >= 0.3 is 0 Å². The number of aliphatic imine (C=N–C) groups is 1. The van der Waals surface area contributed by atoms with Gasteiger partial charge in [-0.1, -0.05) is 12.8 Å². The zero-order valence-electron chi connectivity index (χ0n) is 16.6. The van der Waals surface area contributed by atoms with Crippen LogP contribution in [0.2, 0.25) is 0 Å². The van der Waals surface area contributed by atoms with Gasteiger partial charge in [0.25, 0.3) is 0 Å². The van der Waals surface area contributed by atoms with Crippen LogP contribution in [0.3, 0.4) is 0 Å². The minimum absolute atomic E-state index is 0.338. The Bertz CT molecular complexity index is 410. The number of methoxy groups -OCH3 is 1. The number of ether oxygens (including phenoxy) is 2. The first-order valence-electron chi connectivity index (χ1n) is 9.92. The molecular weight excluding hydrogens is 316 g/mol. The Balaban J connectivity index is 1.73. The van der Waals surface area contributed by atoms with Crippen molar-refractivity contribution in [3.8, 4) is 0 Å². The summed E-state index contributed by atoms with van der Waals surface area (Å²) in [5, 5.41) is 7.14. The Morgan fingerprint density at radius 2 is 2.04 bits per heavy atom. The van der Waals surface area contributed by atoms with Gasteiger partial charge in [0.15, 0.2) is 5.96 Å². The van der Waals surface area contributed by atoms with E-state index in [2.05, 4.69) is 34.5 Å². The fraction of sp³-hybridized carbons (Fsp3) is 0.947. The van der Waals surface area contributed by atoms with Gasteiger partial charge in [0.2, 0.25) is 0 Å². The van der Waals surface area contributed by atoms with Crippen molar-refractivity contribution in [1.82, 2.24) is 15.5 Å². The fourth-order valence-corrected chi connectivity index (χ4v) is 4.40. The van der Waals surface area contributed by atoms with Gasteiger partial charge in [-0.2, -0.15) is 0 Å². The molecule has 0 aliphatic heterocycles. The summed E-state index contributed by atoms with van der Waals surface area (Å²) in [6.07, 6.45) is 7.85. The molecule has 0 radical (unpaired) electrons. The van der Waals surface area contributed by atoms with E-state index in [1.54, 1.807) is 7.11 Å². The summed E-state index contributed by atoms with van der Waals surface area (Å²) in [6, 6.07) is 0.497. The largest absolute Gasteiger partial charge is 0.385 e. The van der Waals surface area contributed by atoms with Gasteiger partial charge < -0.3 is 25.0 Å². The first kappa shape index (κ1) is 20.5. The molecule has 2 aliphatic rings. The maximum Gasteiger partial charge on any atom is 0.191 e. The first-order chi connectivity index (χ1) is 12.2. The highest BCUT2D eigenvalue weighted by atomic mass is 16.5. The zero-order valence-corrected chi connectivity index (χ0v) is 16.6. The molecule has 0 aromatic rings. The molecule has 6 heteroatoms. The van der Waals surface area contributed by atoms with E-state index in [0.717, 1.165) is 51.6 Å². The van der Waals surface area contributed by atoms with Crippen LogP contribution < -0.4 is 10.6 Å². The van der Waals surface area contributed by atoms with E-state index in [9.17, 15) is 0 Å². The second kappa shape index (κ2) is 10.3. The number of rotatable bonds is 10. The molecule has 0 bridgehead atoms. The summed E-state index contributed by atoms with van der Waals surface area (Å²) < 4.78 is 11.1. The molecule has 0 amide bonds. The van der Waals surface area contributed by atoms with E-state index in [0.29, 0.717) is 17.6 Å². The SMILES string of the molecule is CCOC1CC(NC(=NC)NCCN(C)CCCOC)C12CCCC2. The Morgan fingerprint density at radius 3 is 2.68 bits per heavy atom. The van der Waals surface area contributed by atoms with Crippen molar-refractivity contribution in [3.63, 3.8) is 0 Å². The molecule has 0 aromatic heterocycles. The number of hydrogen-bond acceptors (Lipinski definition) is 4. The van der Waals surface area contributed by atoms with Crippen LogP contribution in [0.5, 0.6) is 0 Å². The van der Waals surface area contributed by atoms with Crippen LogP contribution in [0.15, 0.2) is 4.99 Å². The van der Waals surface area contributed by atoms with E-state index in [4.69, 9.17) is 9.47 Å². The van der Waals surface area contributed by atoms with Gasteiger partial charge in [-0.3, -0.25) is 4.99 Å². The second-order valence-electron chi connectivity index (χ2n) is 7.47. The van der Waals surface area contributed by atoms with Gasteiger partial charge in [-0.15, -0.1) is 0 Å². The number of nitrogens with one attached hydrogen (secondary N) is 2. The highest BCUT2D eigenvalue weighted by Gasteiger charge is 2.56. The van der Waals surface area contributed by atoms with Gasteiger partial charge in [0.1, 0.15) is 0 Å². The summed E-state index contributed by atoms with van der Waals surface area (Å²) in [6.45, 7) is 6.71. The number of guanidine groups is 1. The lowest BCUT2D eigenvalue weighted by Crippen LogP contribution is -2.65. The van der Waals surface area contributed by atoms with E-state index in [-0.39, 0.29) is 0 Å². The van der Waals surface area contributed by atoms with Crippen molar-refractivity contribution in [2.24, 2.45) is 10.4 Å². The number of nitrogens with zero attached hydrogens (tertiary/aromatic N) is 2. The van der Waals surface area contributed by atoms with Gasteiger partial charge in [-0.25, -0.2) is 0 Å². The molecule has 2 fully saturated rings. The van der Waals surface area contributed by atoms with Crippen LogP contribution in [0, 0.1) is 5.41 Å². The maximum atomic E-state index is 6.00. The lowest BCUT2D eigenvalue weighted by molar-refractivity contribution is -0.125. The standard InChI is InChI=1S/C19H38N4O2/c1-5-25-17-15-16(19(17)9-6-7-10-19)22-18(20-2)21-11-13-23(3)12-8-14-24-4/h16-17H,5-15H2,1-4H3,(H2,20,21,22). The quantitative estimate of drug-likeness (QED) is 0.356. The zero-order chi connectivity index (χ0) is 18.1. The average Bonchev–Trinajstić information content (AvgIpc) is 3.12. The second-order valence-corrected chi connectivity index (χ2v) is 7.47. The fourth-order valence-electron chi connectivity index (χ4n) is 4.40. The Kier molecular flexibility index (Phi) is 8.46. The minimum atomic E-state index is 0.338. The number of hydrogen-bond donors (Lipinski definition) is 2. The van der Waals surface area contributed by atoms with E-state index >= 15 is 0 Å². The molecule has 25 heavy (non-hydrogen) atoms. The highest BCUT2D eigenvalue weighted by Crippen LogP contribution is 2.54. The summed E-state index contributed by atoms with van der Waals surface area (Å²) in [7, 11) is 5.77. The third kappa shape index (κ3) is 5.31. The van der Waals surface area contributed by atoms with Crippen LogP contribution in [0.25, 0.3) is 0 Å². The van der Waals surface area contributed by atoms with Crippen molar-refractivity contribution in [2.45, 2.75) is 57.6 Å². The normalized spacial score (nSPS) is 25.4. The van der Waals surface area contributed by atoms with Crippen LogP contribution in [-0.4, -0.2) is 77.1 Å². The molecule has 2 unspecified atom stereocenters. The highest BCUT2D eigenvalue weighted by molar-refractivity contribution is 5.80. The third-order valence-corrected chi connectivity index (χ3v) is 5.90. The molecule has 0 saturated heterocycles. The van der Waals surface area contributed by atoms with Crippen LogP contribution in [0.4, 0.5) is 0 Å². The Labute approximate surface area is 153 Å². The molecule has 2 atom stereocenters. The summed E-state index contributed by atoms with van der Waals surface area (Å²) >= 11 is 0. The smallest absolute Gasteiger partial charge is 0.191 e. The van der Waals surface area contributed by atoms with Gasteiger partial charge in [-0.05, 0) is 39.7 Å². The van der Waals surface area contributed by atoms with Crippen LogP contribution in [0.1, 0.15) is 45.4 Å². The molecule has 2 saturated carbocycles. The van der Waals surface area contributed by atoms with Crippen LogP contribution in [-0.2, 0) is 9.47 Å². The summed E-state index contributed by atoms with van der Waals surface area (Å²) in [4.78, 5) is 6.75. The summed E-state index contributed by atoms with van der Waals surface area (Å²) in [5.41, 5.74) is 0.338. The third-order valence-electron chi connectivity index (χ3n) is 5.90.